The summed E-state index contributed by atoms with van der Waals surface area (Å²) in [5.41, 5.74) is 9.49. The highest BCUT2D eigenvalue weighted by Crippen LogP contribution is 2.63. The number of rotatable bonds is 20. The van der Waals surface area contributed by atoms with Gasteiger partial charge in [0.1, 0.15) is 66.8 Å². The van der Waals surface area contributed by atoms with Crippen LogP contribution in [0.4, 0.5) is 17.7 Å². The van der Waals surface area contributed by atoms with Crippen molar-refractivity contribution >= 4 is 82.5 Å². The Kier molecular flexibility index (Phi) is 15.3. The number of aromatic nitrogens is 12. The molecule has 43 heteroatoms. The number of phosphoric ester groups is 3. The van der Waals surface area contributed by atoms with Crippen molar-refractivity contribution < 1.29 is 108 Å². The number of hydrogen-bond acceptors (Lipinski definition) is 33. The van der Waals surface area contributed by atoms with Crippen molar-refractivity contribution in [3.8, 4) is 0 Å². The molecule has 39 nitrogen and oxygen atoms in total. The molecule has 6 aromatic heterocycles. The number of nitrogens with two attached hydrogens (primary N) is 2. The normalized spacial score (nSPS) is 30.2. The summed E-state index contributed by atoms with van der Waals surface area (Å²) in [6.07, 6.45) is -16.4. The van der Waals surface area contributed by atoms with Crippen molar-refractivity contribution in [2.45, 2.75) is 73.6 Å². The van der Waals surface area contributed by atoms with Crippen molar-refractivity contribution in [3.63, 3.8) is 0 Å². The molecule has 9 rings (SSSR count). The second-order valence-electron chi connectivity index (χ2n) is 16.6. The predicted molar refractivity (Wildman–Crippen MR) is 235 cm³/mol. The molecule has 0 aromatic carbocycles. The lowest BCUT2D eigenvalue weighted by atomic mass is 10.1. The van der Waals surface area contributed by atoms with Gasteiger partial charge in [-0.15, -0.1) is 0 Å². The number of nitrogens with zero attached hydrogens (tertiary/aromatic N) is 10. The molecule has 3 aliphatic rings. The van der Waals surface area contributed by atoms with Crippen LogP contribution in [-0.4, -0.2) is 163 Å². The van der Waals surface area contributed by atoms with Crippen molar-refractivity contribution in [3.05, 3.63) is 46.0 Å². The molecule has 3 fully saturated rings. The van der Waals surface area contributed by atoms with E-state index in [-0.39, 0.29) is 51.2 Å². The molecule has 416 valence electrons. The lowest BCUT2D eigenvalue weighted by Crippen LogP contribution is -2.46. The number of aromatic amines is 2. The standard InChI is InChI=1S/C33H45N15O24P4/c1-36-23-14-24(38-7-37-23)46(8-39-14)31-22(63-3)21(70-73(55,56)64-4-11-17(49)19(51)29(67-11)47-9-40-15-25(47)41-32(34)43-27(15)53)13(69-31)6-66-75(59,60)72-76(61,62)71-74(57,58)65-5-12-18(50)20(52)30(68-12)48-10-45(2)16-26(48)42-33(35)44-28(16)54/h7-13,17-22,29-31,49-52H,4-6H2,1-3H3,(H10-,34,35,36,37,38,41,42,43,44,53,54,55,56,57,58,59,60,61,62)/p-3/t11-,12+,13-,17?,18-,19+,20?,21?,22+,29-,30+,31-/m1/s1. The molecular formula is C33H42N15O24P4-3. The van der Waals surface area contributed by atoms with Crippen LogP contribution in [0.1, 0.15) is 18.7 Å². The smallest absolute Gasteiger partial charge is 0.313 e. The van der Waals surface area contributed by atoms with Gasteiger partial charge in [0.15, 0.2) is 41.4 Å². The Bertz CT molecular complexity index is 3490. The van der Waals surface area contributed by atoms with Gasteiger partial charge in [-0.3, -0.25) is 51.5 Å². The van der Waals surface area contributed by atoms with Crippen molar-refractivity contribution in [1.82, 2.24) is 53.6 Å². The second-order valence-corrected chi connectivity index (χ2v) is 22.5. The lowest BCUT2D eigenvalue weighted by molar-refractivity contribution is -0.745. The van der Waals surface area contributed by atoms with E-state index in [1.807, 2.05) is 0 Å². The molecule has 11 N–H and O–H groups in total. The Morgan fingerprint density at radius 1 is 0.711 bits per heavy atom. The van der Waals surface area contributed by atoms with Crippen LogP contribution >= 0.6 is 31.3 Å². The maximum Gasteiger partial charge on any atom is 0.313 e. The van der Waals surface area contributed by atoms with Gasteiger partial charge in [0.25, 0.3) is 48.4 Å². The number of aliphatic hydroxyl groups excluding tert-OH is 4. The third-order valence-electron chi connectivity index (χ3n) is 11.7. The molecular weight excluding hydrogens is 1110 g/mol. The van der Waals surface area contributed by atoms with Gasteiger partial charge >= 0.3 is 5.65 Å². The first-order chi connectivity index (χ1) is 35.7. The topological polar surface area (TPSA) is 560 Å². The summed E-state index contributed by atoms with van der Waals surface area (Å²) in [6, 6.07) is 0. The van der Waals surface area contributed by atoms with E-state index in [0.717, 1.165) is 35.2 Å². The van der Waals surface area contributed by atoms with Crippen LogP contribution in [0.3, 0.4) is 0 Å². The average Bonchev–Trinajstić information content (AvgIpc) is 4.19. The Morgan fingerprint density at radius 3 is 1.93 bits per heavy atom. The molecule has 16 atom stereocenters. The van der Waals surface area contributed by atoms with Crippen molar-refractivity contribution in [2.24, 2.45) is 7.05 Å². The van der Waals surface area contributed by atoms with Gasteiger partial charge in [-0.1, -0.05) is 4.98 Å². The minimum absolute atomic E-state index is 0.0443. The SMILES string of the molecule is CNc1ncnc2c1ncn2[C@@H]1O[C@H](COP(=O)([O-])OP(=O)([O-])OP(=O)([O-])OC[C@@H]2O[C@H]([n+]3cn(C)c4c(=O)[nH]c(N)nc43)C(O)[C@@H]2O)C(OP(=O)([O-])OC[C@H]2O[C@@H](n3cnc4c(=O)[nH]c(N)nc43)[C@@H](O)C2O)[C@@H]1OC. The van der Waals surface area contributed by atoms with Gasteiger partial charge in [0.2, 0.25) is 17.7 Å². The quantitative estimate of drug-likeness (QED) is 0.0253. The number of fused-ring (bicyclic) bond motifs is 3. The van der Waals surface area contributed by atoms with E-state index < -0.39 is 136 Å². The Hall–Kier alpha value is -5.15. The molecule has 9 heterocycles. The highest BCUT2D eigenvalue weighted by atomic mass is 31.3. The number of hydrogen-bond donors (Lipinski definition) is 9. The highest BCUT2D eigenvalue weighted by Gasteiger charge is 2.51. The summed E-state index contributed by atoms with van der Waals surface area (Å²) < 4.78 is 107. The number of aliphatic hydroxyl groups is 4. The fourth-order valence-corrected chi connectivity index (χ4v) is 12.8. The number of ether oxygens (including phenoxy) is 4. The number of aryl methyl sites for hydroxylation is 1. The molecule has 76 heavy (non-hydrogen) atoms. The summed E-state index contributed by atoms with van der Waals surface area (Å²) in [4.78, 5) is 106. The summed E-state index contributed by atoms with van der Waals surface area (Å²) in [5, 5.41) is 45.9. The van der Waals surface area contributed by atoms with Gasteiger partial charge in [0.05, 0.1) is 39.5 Å². The second kappa shape index (κ2) is 20.9. The van der Waals surface area contributed by atoms with Crippen LogP contribution in [0.2, 0.25) is 0 Å². The van der Waals surface area contributed by atoms with E-state index in [0.29, 0.717) is 0 Å². The largest absolute Gasteiger partial charge is 0.756 e. The number of methoxy groups -OCH3 is 1. The zero-order chi connectivity index (χ0) is 55.0. The molecule has 0 spiro atoms. The highest BCUT2D eigenvalue weighted by molar-refractivity contribution is 7.65. The van der Waals surface area contributed by atoms with Crippen molar-refractivity contribution in [1.29, 1.82) is 0 Å². The molecule has 0 saturated carbocycles. The van der Waals surface area contributed by atoms with Crippen LogP contribution in [0.25, 0.3) is 33.5 Å². The molecule has 0 bridgehead atoms. The molecule has 0 amide bonds. The van der Waals surface area contributed by atoms with E-state index in [1.165, 1.54) is 29.6 Å². The fraction of sp³-hybridized carbons (Fsp3) is 0.545. The first kappa shape index (κ1) is 55.6. The molecule has 3 aliphatic heterocycles. The minimum atomic E-state index is -6.59. The third kappa shape index (κ3) is 11.0. The Morgan fingerprint density at radius 2 is 1.28 bits per heavy atom. The van der Waals surface area contributed by atoms with Crippen LogP contribution in [0.5, 0.6) is 0 Å². The lowest BCUT2D eigenvalue weighted by Gasteiger charge is -2.35. The van der Waals surface area contributed by atoms with E-state index in [4.69, 9.17) is 44.0 Å². The van der Waals surface area contributed by atoms with Gasteiger partial charge in [-0.2, -0.15) is 4.98 Å². The van der Waals surface area contributed by atoms with Gasteiger partial charge in [0, 0.05) is 14.2 Å². The number of anilines is 3. The Balaban J connectivity index is 0.868. The van der Waals surface area contributed by atoms with Crippen LogP contribution in [-0.2, 0) is 71.0 Å². The summed E-state index contributed by atoms with van der Waals surface area (Å²) >= 11 is 0. The fourth-order valence-electron chi connectivity index (χ4n) is 8.42. The van der Waals surface area contributed by atoms with E-state index in [1.54, 1.807) is 0 Å². The minimum Gasteiger partial charge on any atom is -0.756 e. The first-order valence-electron chi connectivity index (χ1n) is 21.5. The van der Waals surface area contributed by atoms with Crippen LogP contribution < -0.4 is 52.0 Å². The molecule has 0 radical (unpaired) electrons. The first-order valence-corrected chi connectivity index (χ1v) is 27.4. The van der Waals surface area contributed by atoms with Gasteiger partial charge < -0.3 is 93.8 Å². The maximum absolute atomic E-state index is 13.6. The molecule has 6 aromatic rings. The Labute approximate surface area is 421 Å². The molecule has 0 aliphatic carbocycles. The predicted octanol–water partition coefficient (Wildman–Crippen LogP) is -6.78. The monoisotopic (exact) mass is 1160 g/mol. The molecule has 7 unspecified atom stereocenters. The van der Waals surface area contributed by atoms with E-state index in [9.17, 15) is 67.8 Å². The van der Waals surface area contributed by atoms with Crippen LogP contribution in [0.15, 0.2) is 34.9 Å². The van der Waals surface area contributed by atoms with Gasteiger partial charge in [-0.05, 0) is 0 Å². The van der Waals surface area contributed by atoms with Gasteiger partial charge in [-0.25, -0.2) is 33.1 Å². The third-order valence-corrected chi connectivity index (χ3v) is 16.8. The van der Waals surface area contributed by atoms with Crippen molar-refractivity contribution in [2.75, 3.05) is 50.8 Å². The number of nitrogens with one attached hydrogen (secondary N) is 3. The average molecular weight is 1160 g/mol. The molecule has 3 saturated heterocycles. The number of H-pyrrole nitrogens is 2. The summed E-state index contributed by atoms with van der Waals surface area (Å²) in [6.45, 7) is -3.71. The summed E-state index contributed by atoms with van der Waals surface area (Å²) in [5.74, 6) is -0.439. The number of phosphoric acid groups is 4. The number of nitrogen functional groups attached to an aromatic ring is 2. The zero-order valence-corrected chi connectivity index (χ0v) is 42.3. The maximum atomic E-state index is 13.6. The van der Waals surface area contributed by atoms with Crippen LogP contribution in [0, 0.1) is 0 Å². The summed E-state index contributed by atoms with van der Waals surface area (Å²) in [7, 11) is -20.8. The number of imidazole rings is 3. The van der Waals surface area contributed by atoms with E-state index in [2.05, 4.69) is 58.3 Å². The zero-order valence-electron chi connectivity index (χ0n) is 38.7. The van der Waals surface area contributed by atoms with E-state index >= 15 is 0 Å².